The smallest absolute Gasteiger partial charge is 0.326 e. The van der Waals surface area contributed by atoms with E-state index in [2.05, 4.69) is 63.8 Å². The number of guanidine groups is 1. The van der Waals surface area contributed by atoms with Gasteiger partial charge in [0.1, 0.15) is 84.6 Å². The summed E-state index contributed by atoms with van der Waals surface area (Å²) in [6.45, 7) is 11.2. The van der Waals surface area contributed by atoms with Crippen molar-refractivity contribution in [3.8, 4) is 0 Å². The molecule has 43 nitrogen and oxygen atoms in total. The van der Waals surface area contributed by atoms with Crippen LogP contribution in [0.5, 0.6) is 0 Å². The first-order valence-electron chi connectivity index (χ1n) is 39.9. The van der Waals surface area contributed by atoms with Crippen LogP contribution in [-0.2, 0) is 86.3 Å². The van der Waals surface area contributed by atoms with Gasteiger partial charge in [0.25, 0.3) is 0 Å². The van der Waals surface area contributed by atoms with Crippen molar-refractivity contribution in [2.75, 3.05) is 45.8 Å². The van der Waals surface area contributed by atoms with Crippen molar-refractivity contribution in [3.05, 3.63) is 0 Å². The Bertz CT molecular complexity index is 3420. The highest BCUT2D eigenvalue weighted by molar-refractivity contribution is 6.01. The fraction of sp³-hybridized carbons (Fsp3) is 0.740. The molecule has 654 valence electrons. The second kappa shape index (κ2) is 50.8. The Balaban J connectivity index is 1.82. The van der Waals surface area contributed by atoms with Gasteiger partial charge in [-0.25, -0.2) is 4.79 Å². The van der Waals surface area contributed by atoms with Crippen LogP contribution in [0.25, 0.3) is 0 Å². The highest BCUT2D eigenvalue weighted by atomic mass is 16.4. The van der Waals surface area contributed by atoms with E-state index in [0.29, 0.717) is 45.1 Å². The Kier molecular flexibility index (Phi) is 43.7. The number of carbonyl (C=O) groups excluding carboxylic acids is 16. The Hall–Kier alpha value is -10.4. The van der Waals surface area contributed by atoms with Crippen LogP contribution >= 0.6 is 0 Å². The van der Waals surface area contributed by atoms with Gasteiger partial charge in [0.15, 0.2) is 5.96 Å². The van der Waals surface area contributed by atoms with Crippen LogP contribution in [0.1, 0.15) is 196 Å². The number of carboxylic acids is 2. The number of primary amides is 2. The molecule has 3 heterocycles. The Labute approximate surface area is 674 Å². The van der Waals surface area contributed by atoms with Gasteiger partial charge in [-0.2, -0.15) is 0 Å². The molecule has 3 rings (SSSR count). The molecule has 16 amide bonds. The molecule has 3 saturated heterocycles. The van der Waals surface area contributed by atoms with Crippen molar-refractivity contribution in [2.24, 2.45) is 52.0 Å². The lowest BCUT2D eigenvalue weighted by molar-refractivity contribution is -0.145. The van der Waals surface area contributed by atoms with Crippen molar-refractivity contribution in [1.82, 2.24) is 78.5 Å². The summed E-state index contributed by atoms with van der Waals surface area (Å²) in [5.41, 5.74) is 39.5. The molecule has 0 bridgehead atoms. The summed E-state index contributed by atoms with van der Waals surface area (Å²) >= 11 is 0. The molecule has 0 aliphatic carbocycles. The number of aliphatic carboxylic acids is 2. The molecule has 0 aromatic rings. The van der Waals surface area contributed by atoms with Gasteiger partial charge in [0, 0.05) is 45.4 Å². The molecule has 3 aliphatic rings. The summed E-state index contributed by atoms with van der Waals surface area (Å²) < 4.78 is 0. The van der Waals surface area contributed by atoms with E-state index in [0.717, 1.165) is 0 Å². The first-order valence-corrected chi connectivity index (χ1v) is 39.9. The zero-order valence-electron chi connectivity index (χ0n) is 67.7. The number of unbranched alkanes of at least 4 members (excludes halogenated alkanes) is 3. The molecule has 0 unspecified atom stereocenters. The van der Waals surface area contributed by atoms with Crippen molar-refractivity contribution in [2.45, 2.75) is 287 Å². The molecule has 116 heavy (non-hydrogen) atoms. The van der Waals surface area contributed by atoms with E-state index in [-0.39, 0.29) is 136 Å². The number of nitrogens with two attached hydrogens (primary N) is 7. The molecular weight excluding hydrogens is 1520 g/mol. The fourth-order valence-electron chi connectivity index (χ4n) is 13.4. The largest absolute Gasteiger partial charge is 0.481 e. The number of carboxylic acid groups (broad SMARTS) is 2. The van der Waals surface area contributed by atoms with E-state index in [1.54, 1.807) is 27.7 Å². The van der Waals surface area contributed by atoms with E-state index in [9.17, 15) is 96.5 Å². The SMILES string of the molecule is CC(C)[C@H](NC(=O)[C@@H](CCCCN)NC(=O)[C@H](CCCNC(=N)N)NC(=O)[C@@H]1CCCN1C(=O)[C@H](CCCCN)NC(=O)[C@H](C)NC(=O)[C@H](CCC(N)=O)NC(=O)[C@@H]1CCCN1C(=O)[C@@H](NC(=O)[C@@H]1CCCN1C(=O)[C@H](CCC(=O)O)NC(=O)[C@@H](N)CCCCN)C(C)C)C(=O)N[C@@H](C)C(=O)N[C@@H](C)C(=O)N[C@@H](CCC(N)=O)C(=O)O. The van der Waals surface area contributed by atoms with Gasteiger partial charge in [-0.15, -0.1) is 0 Å². The summed E-state index contributed by atoms with van der Waals surface area (Å²) in [7, 11) is 0. The number of hydrogen-bond donors (Lipinski definition) is 22. The fourth-order valence-corrected chi connectivity index (χ4v) is 13.4. The summed E-state index contributed by atoms with van der Waals surface area (Å²) in [6.07, 6.45) is 1.64. The minimum absolute atomic E-state index is 0.00456. The van der Waals surface area contributed by atoms with Crippen LogP contribution in [0.2, 0.25) is 0 Å². The monoisotopic (exact) mass is 1650 g/mol. The summed E-state index contributed by atoms with van der Waals surface area (Å²) in [4.78, 5) is 248. The summed E-state index contributed by atoms with van der Waals surface area (Å²) in [5, 5.41) is 57.6. The molecule has 15 atom stereocenters. The normalized spacial score (nSPS) is 18.3. The van der Waals surface area contributed by atoms with Crippen molar-refractivity contribution < 1.29 is 96.5 Å². The highest BCUT2D eigenvalue weighted by Gasteiger charge is 2.45. The van der Waals surface area contributed by atoms with Gasteiger partial charge < -0.3 is 129 Å². The number of likely N-dealkylation sites (tertiary alicyclic amines) is 3. The van der Waals surface area contributed by atoms with Gasteiger partial charge in [-0.3, -0.25) is 86.9 Å². The Morgan fingerprint density at radius 2 is 0.716 bits per heavy atom. The zero-order chi connectivity index (χ0) is 87.2. The number of hydrogen-bond acceptors (Lipinski definition) is 23. The molecule has 0 saturated carbocycles. The predicted octanol–water partition coefficient (Wildman–Crippen LogP) is -6.88. The van der Waals surface area contributed by atoms with Gasteiger partial charge in [-0.05, 0) is 174 Å². The van der Waals surface area contributed by atoms with Gasteiger partial charge >= 0.3 is 11.9 Å². The third-order valence-electron chi connectivity index (χ3n) is 20.2. The van der Waals surface area contributed by atoms with E-state index in [1.807, 2.05) is 0 Å². The molecular formula is C73H127N23O20. The van der Waals surface area contributed by atoms with E-state index in [1.165, 1.54) is 35.5 Å². The van der Waals surface area contributed by atoms with Crippen molar-refractivity contribution in [3.63, 3.8) is 0 Å². The lowest BCUT2D eigenvalue weighted by Crippen LogP contribution is -2.61. The molecule has 3 aliphatic heterocycles. The highest BCUT2D eigenvalue weighted by Crippen LogP contribution is 2.26. The average molecular weight is 1650 g/mol. The van der Waals surface area contributed by atoms with Crippen LogP contribution in [-0.4, -0.2) is 274 Å². The maximum absolute atomic E-state index is 14.8. The minimum atomic E-state index is -1.55. The van der Waals surface area contributed by atoms with Gasteiger partial charge in [0.2, 0.25) is 94.5 Å². The van der Waals surface area contributed by atoms with E-state index < -0.39 is 228 Å². The molecule has 3 fully saturated rings. The van der Waals surface area contributed by atoms with Gasteiger partial charge in [-0.1, -0.05) is 34.1 Å². The average Bonchev–Trinajstić information content (AvgIpc) is 1.63. The third-order valence-corrected chi connectivity index (χ3v) is 20.2. The predicted molar refractivity (Wildman–Crippen MR) is 419 cm³/mol. The maximum atomic E-state index is 14.8. The Morgan fingerprint density at radius 3 is 1.16 bits per heavy atom. The van der Waals surface area contributed by atoms with Crippen LogP contribution in [0.15, 0.2) is 0 Å². The molecule has 0 spiro atoms. The number of rotatable bonds is 53. The van der Waals surface area contributed by atoms with Crippen molar-refractivity contribution in [1.29, 1.82) is 5.41 Å². The van der Waals surface area contributed by atoms with Crippen LogP contribution in [0, 0.1) is 17.2 Å². The molecule has 29 N–H and O–H groups in total. The molecule has 0 radical (unpaired) electrons. The number of nitrogens with zero attached hydrogens (tertiary/aromatic N) is 3. The number of carbonyl (C=O) groups is 18. The molecule has 0 aromatic heterocycles. The lowest BCUT2D eigenvalue weighted by Gasteiger charge is -2.33. The number of amides is 16. The zero-order valence-corrected chi connectivity index (χ0v) is 67.7. The van der Waals surface area contributed by atoms with Gasteiger partial charge in [0.05, 0.1) is 6.04 Å². The molecule has 0 aromatic carbocycles. The standard InChI is InChI=1S/C73H127N23O20/c1-38(2)56(68(111)85-40(5)58(101)83-41(6)60(103)91-49(72(115)116)26-29-54(79)98)92-64(107)44(19-9-12-32-75)86-63(106)45(21-14-34-82-73(80)81)87-65(108)50-22-15-35-94(50)69(112)47(20-10-13-33-76)89-59(102)42(7)84-62(105)46(25-28-53(78)97)88-66(109)51-23-17-37-96(51)71(114)57(39(3)4)93-67(110)52-24-16-36-95(52)70(113)48(27-30-55(99)100)90-61(104)43(77)18-8-11-31-74/h38-52,56-57H,8-37,74-77H2,1-7H3,(H2,78,97)(H2,79,98)(H,83,101)(H,84,105)(H,85,111)(H,86,106)(H,87,108)(H,88,109)(H,89,102)(H,90,104)(H,91,103)(H,92,107)(H,93,110)(H,99,100)(H,115,116)(H4,80,81,82)/t40-,41-,42-,43-,44+,45-,46-,47-,48-,49-,50-,51-,52-,56-,57-/m0/s1. The first-order chi connectivity index (χ1) is 54.7. The minimum Gasteiger partial charge on any atom is -0.481 e. The van der Waals surface area contributed by atoms with Crippen LogP contribution < -0.4 is 104 Å². The Morgan fingerprint density at radius 1 is 0.371 bits per heavy atom. The summed E-state index contributed by atoms with van der Waals surface area (Å²) in [6, 6.07) is -19.9. The maximum Gasteiger partial charge on any atom is 0.326 e. The third kappa shape index (κ3) is 33.4. The lowest BCUT2D eigenvalue weighted by atomic mass is 10.0. The topological polar surface area (TPSA) is 708 Å². The number of nitrogens with one attached hydrogen (secondary N) is 13. The quantitative estimate of drug-likeness (QED) is 0.0153. The first kappa shape index (κ1) is 99.8. The van der Waals surface area contributed by atoms with Crippen LogP contribution in [0.4, 0.5) is 0 Å². The second-order valence-electron chi connectivity index (χ2n) is 30.3. The van der Waals surface area contributed by atoms with E-state index >= 15 is 0 Å². The summed E-state index contributed by atoms with van der Waals surface area (Å²) in [5.74, 6) is -17.4. The van der Waals surface area contributed by atoms with E-state index in [4.69, 9.17) is 45.5 Å². The van der Waals surface area contributed by atoms with Crippen molar-refractivity contribution >= 4 is 112 Å². The second-order valence-corrected chi connectivity index (χ2v) is 30.3. The van der Waals surface area contributed by atoms with Crippen LogP contribution in [0.3, 0.4) is 0 Å². The molecule has 43 heteroatoms.